The maximum absolute atomic E-state index is 11.3. The molecule has 0 unspecified atom stereocenters. The van der Waals surface area contributed by atoms with Gasteiger partial charge in [0, 0.05) is 19.6 Å². The smallest absolute Gasteiger partial charge is 0.225 e. The van der Waals surface area contributed by atoms with Crippen molar-refractivity contribution in [3.63, 3.8) is 0 Å². The highest BCUT2D eigenvalue weighted by molar-refractivity contribution is 5.79. The van der Waals surface area contributed by atoms with Gasteiger partial charge in [0.1, 0.15) is 0 Å². The van der Waals surface area contributed by atoms with E-state index in [0.29, 0.717) is 0 Å². The van der Waals surface area contributed by atoms with Gasteiger partial charge in [-0.1, -0.05) is 6.42 Å². The van der Waals surface area contributed by atoms with Crippen LogP contribution in [0, 0.1) is 11.8 Å². The van der Waals surface area contributed by atoms with E-state index in [4.69, 9.17) is 0 Å². The number of carbonyl (C=O) groups excluding carboxylic acids is 1. The summed E-state index contributed by atoms with van der Waals surface area (Å²) in [5.41, 5.74) is 0. The molecule has 1 heterocycles. The minimum absolute atomic E-state index is 0.251. The van der Waals surface area contributed by atoms with Gasteiger partial charge in [-0.25, -0.2) is 0 Å². The first-order valence-corrected chi connectivity index (χ1v) is 4.84. The third kappa shape index (κ3) is 1.61. The fourth-order valence-corrected chi connectivity index (χ4v) is 1.56. The topological polar surface area (TPSA) is 41.1 Å². The number of rotatable bonds is 3. The Labute approximate surface area is 72.9 Å². The first-order chi connectivity index (χ1) is 5.86. The molecule has 2 aliphatic rings. The van der Waals surface area contributed by atoms with Crippen LogP contribution in [0.4, 0.5) is 0 Å². The van der Waals surface area contributed by atoms with Crippen LogP contribution < -0.4 is 10.6 Å². The first kappa shape index (κ1) is 8.05. The van der Waals surface area contributed by atoms with E-state index in [2.05, 4.69) is 10.6 Å². The highest BCUT2D eigenvalue weighted by Crippen LogP contribution is 2.25. The van der Waals surface area contributed by atoms with Crippen LogP contribution in [0.1, 0.15) is 19.3 Å². The molecule has 1 amide bonds. The summed E-state index contributed by atoms with van der Waals surface area (Å²) in [7, 11) is 0. The number of hydrogen-bond donors (Lipinski definition) is 2. The van der Waals surface area contributed by atoms with Gasteiger partial charge in [0.15, 0.2) is 0 Å². The lowest BCUT2D eigenvalue weighted by Crippen LogP contribution is -2.51. The Morgan fingerprint density at radius 3 is 2.58 bits per heavy atom. The maximum Gasteiger partial charge on any atom is 0.225 e. The van der Waals surface area contributed by atoms with E-state index >= 15 is 0 Å². The Kier molecular flexibility index (Phi) is 2.30. The van der Waals surface area contributed by atoms with E-state index in [1.165, 1.54) is 19.3 Å². The summed E-state index contributed by atoms with van der Waals surface area (Å²) in [6, 6.07) is 0. The molecule has 0 spiro atoms. The van der Waals surface area contributed by atoms with Crippen molar-refractivity contribution in [1.29, 1.82) is 0 Å². The average Bonchev–Trinajstić information content (AvgIpc) is 1.79. The van der Waals surface area contributed by atoms with E-state index in [-0.39, 0.29) is 11.8 Å². The third-order valence-corrected chi connectivity index (χ3v) is 2.94. The number of nitrogens with one attached hydrogen (secondary N) is 2. The molecule has 3 nitrogen and oxygen atoms in total. The fraction of sp³-hybridized carbons (Fsp3) is 0.889. The molecule has 1 aliphatic heterocycles. The zero-order valence-electron chi connectivity index (χ0n) is 7.31. The summed E-state index contributed by atoms with van der Waals surface area (Å²) in [4.78, 5) is 11.3. The van der Waals surface area contributed by atoms with Gasteiger partial charge < -0.3 is 10.6 Å². The normalized spacial score (nSPS) is 24.3. The van der Waals surface area contributed by atoms with Crippen LogP contribution >= 0.6 is 0 Å². The lowest BCUT2D eigenvalue weighted by Gasteiger charge is -2.29. The molecule has 12 heavy (non-hydrogen) atoms. The number of hydrogen-bond acceptors (Lipinski definition) is 2. The second-order valence-electron chi connectivity index (χ2n) is 3.90. The molecule has 1 aliphatic carbocycles. The van der Waals surface area contributed by atoms with E-state index in [1.807, 2.05) is 0 Å². The van der Waals surface area contributed by atoms with Crippen LogP contribution in [0.2, 0.25) is 0 Å². The van der Waals surface area contributed by atoms with Gasteiger partial charge in [-0.3, -0.25) is 4.79 Å². The molecule has 0 bridgehead atoms. The molecule has 2 rings (SSSR count). The largest absolute Gasteiger partial charge is 0.356 e. The van der Waals surface area contributed by atoms with Gasteiger partial charge in [-0.05, 0) is 18.8 Å². The molecule has 0 aromatic heterocycles. The van der Waals surface area contributed by atoms with E-state index in [9.17, 15) is 4.79 Å². The molecule has 2 N–H and O–H groups in total. The zero-order valence-corrected chi connectivity index (χ0v) is 7.31. The molecule has 2 fully saturated rings. The molecule has 0 aromatic rings. The Morgan fingerprint density at radius 2 is 2.17 bits per heavy atom. The highest BCUT2D eigenvalue weighted by Gasteiger charge is 2.25. The number of carbonyl (C=O) groups is 1. The Balaban J connectivity index is 1.61. The van der Waals surface area contributed by atoms with Gasteiger partial charge in [0.2, 0.25) is 5.91 Å². The van der Waals surface area contributed by atoms with Crippen LogP contribution in [0.25, 0.3) is 0 Å². The highest BCUT2D eigenvalue weighted by atomic mass is 16.2. The standard InChI is InChI=1S/C9H16N2O/c12-9(8-5-10-6-8)11-4-7-2-1-3-7/h7-8,10H,1-6H2,(H,11,12). The van der Waals surface area contributed by atoms with Crippen LogP contribution in [-0.4, -0.2) is 25.5 Å². The van der Waals surface area contributed by atoms with Crippen molar-refractivity contribution in [1.82, 2.24) is 10.6 Å². The van der Waals surface area contributed by atoms with E-state index < -0.39 is 0 Å². The summed E-state index contributed by atoms with van der Waals surface area (Å²) < 4.78 is 0. The molecule has 1 saturated heterocycles. The summed E-state index contributed by atoms with van der Waals surface area (Å²) in [5, 5.41) is 6.10. The van der Waals surface area contributed by atoms with Crippen LogP contribution in [-0.2, 0) is 4.79 Å². The van der Waals surface area contributed by atoms with Crippen molar-refractivity contribution >= 4 is 5.91 Å². The second kappa shape index (κ2) is 3.44. The van der Waals surface area contributed by atoms with Crippen molar-refractivity contribution < 1.29 is 4.79 Å². The van der Waals surface area contributed by atoms with Crippen molar-refractivity contribution in [2.45, 2.75) is 19.3 Å². The van der Waals surface area contributed by atoms with Crippen LogP contribution in [0.3, 0.4) is 0 Å². The van der Waals surface area contributed by atoms with Gasteiger partial charge in [0.05, 0.1) is 5.92 Å². The Morgan fingerprint density at radius 1 is 1.42 bits per heavy atom. The zero-order chi connectivity index (χ0) is 8.39. The first-order valence-electron chi connectivity index (χ1n) is 4.84. The average molecular weight is 168 g/mol. The molecule has 0 atom stereocenters. The third-order valence-electron chi connectivity index (χ3n) is 2.94. The van der Waals surface area contributed by atoms with Crippen molar-refractivity contribution in [3.05, 3.63) is 0 Å². The fourth-order valence-electron chi connectivity index (χ4n) is 1.56. The minimum atomic E-state index is 0.251. The van der Waals surface area contributed by atoms with Gasteiger partial charge in [-0.15, -0.1) is 0 Å². The predicted molar refractivity (Wildman–Crippen MR) is 46.7 cm³/mol. The van der Waals surface area contributed by atoms with Crippen LogP contribution in [0.15, 0.2) is 0 Å². The SMILES string of the molecule is O=C(NCC1CCC1)C1CNC1. The summed E-state index contributed by atoms with van der Waals surface area (Å²) in [6.07, 6.45) is 3.97. The molecular weight excluding hydrogens is 152 g/mol. The Bertz CT molecular complexity index is 173. The molecule has 0 aromatic carbocycles. The maximum atomic E-state index is 11.3. The van der Waals surface area contributed by atoms with Gasteiger partial charge >= 0.3 is 0 Å². The second-order valence-corrected chi connectivity index (χ2v) is 3.90. The summed E-state index contributed by atoms with van der Waals surface area (Å²) in [5.74, 6) is 1.28. The minimum Gasteiger partial charge on any atom is -0.356 e. The Hall–Kier alpha value is -0.570. The number of amides is 1. The lowest BCUT2D eigenvalue weighted by atomic mass is 9.85. The molecular formula is C9H16N2O. The molecule has 0 radical (unpaired) electrons. The lowest BCUT2D eigenvalue weighted by molar-refractivity contribution is -0.126. The van der Waals surface area contributed by atoms with Gasteiger partial charge in [-0.2, -0.15) is 0 Å². The van der Waals surface area contributed by atoms with E-state index in [0.717, 1.165) is 25.6 Å². The van der Waals surface area contributed by atoms with E-state index in [1.54, 1.807) is 0 Å². The monoisotopic (exact) mass is 168 g/mol. The molecule has 3 heteroatoms. The molecule has 1 saturated carbocycles. The molecule has 68 valence electrons. The van der Waals surface area contributed by atoms with Crippen molar-refractivity contribution in [3.8, 4) is 0 Å². The summed E-state index contributed by atoms with van der Waals surface area (Å²) in [6.45, 7) is 2.66. The van der Waals surface area contributed by atoms with Crippen LogP contribution in [0.5, 0.6) is 0 Å². The van der Waals surface area contributed by atoms with Gasteiger partial charge in [0.25, 0.3) is 0 Å². The summed E-state index contributed by atoms with van der Waals surface area (Å²) >= 11 is 0. The van der Waals surface area contributed by atoms with Crippen molar-refractivity contribution in [2.75, 3.05) is 19.6 Å². The quantitative estimate of drug-likeness (QED) is 0.628. The van der Waals surface area contributed by atoms with Crippen molar-refractivity contribution in [2.24, 2.45) is 11.8 Å². The predicted octanol–water partition coefficient (Wildman–Crippen LogP) is 0.122.